The molecular weight excluding hydrogens is 274 g/mol. The highest BCUT2D eigenvalue weighted by Crippen LogP contribution is 2.30. The molecule has 7 heteroatoms. The summed E-state index contributed by atoms with van der Waals surface area (Å²) in [7, 11) is 3.98. The second-order valence-electron chi connectivity index (χ2n) is 5.43. The van der Waals surface area contributed by atoms with Gasteiger partial charge in [-0.1, -0.05) is 11.3 Å². The zero-order valence-corrected chi connectivity index (χ0v) is 13.2. The van der Waals surface area contributed by atoms with Crippen molar-refractivity contribution in [3.05, 3.63) is 4.88 Å². The molecule has 1 aromatic heterocycles. The molecule has 1 aliphatic heterocycles. The molecule has 0 saturated carbocycles. The summed E-state index contributed by atoms with van der Waals surface area (Å²) >= 11 is 1.39. The van der Waals surface area contributed by atoms with E-state index in [4.69, 9.17) is 5.73 Å². The Labute approximate surface area is 124 Å². The first-order valence-corrected chi connectivity index (χ1v) is 7.76. The lowest BCUT2D eigenvalue weighted by atomic mass is 10.3. The largest absolute Gasteiger partial charge is 0.382 e. The Kier molecular flexibility index (Phi) is 4.82. The summed E-state index contributed by atoms with van der Waals surface area (Å²) in [5.74, 6) is 0.214. The first-order chi connectivity index (χ1) is 9.49. The Balaban J connectivity index is 1.99. The maximum atomic E-state index is 12.2. The van der Waals surface area contributed by atoms with E-state index in [1.165, 1.54) is 24.2 Å². The number of carbonyl (C=O) groups excluding carboxylic acids is 1. The molecule has 0 aliphatic carbocycles. The van der Waals surface area contributed by atoms with Crippen LogP contribution in [0.15, 0.2) is 0 Å². The number of aromatic nitrogens is 1. The lowest BCUT2D eigenvalue weighted by Crippen LogP contribution is -2.38. The predicted molar refractivity (Wildman–Crippen MR) is 83.5 cm³/mol. The van der Waals surface area contributed by atoms with E-state index in [2.05, 4.69) is 27.0 Å². The first kappa shape index (κ1) is 15.1. The lowest BCUT2D eigenvalue weighted by Gasteiger charge is -2.19. The number of nitrogen functional groups attached to an aromatic ring is 1. The highest BCUT2D eigenvalue weighted by molar-refractivity contribution is 7.18. The average Bonchev–Trinajstić information content (AvgIpc) is 3.04. The van der Waals surface area contributed by atoms with E-state index in [1.54, 1.807) is 0 Å². The van der Waals surface area contributed by atoms with E-state index < -0.39 is 0 Å². The third-order valence-corrected chi connectivity index (χ3v) is 4.80. The van der Waals surface area contributed by atoms with Gasteiger partial charge in [0.1, 0.15) is 10.7 Å². The standard InChI is InChI=1S/C13H23N5OS/c1-9(17(2)3)8-15-12(19)10-11(14)16-13(20-10)18-6-4-5-7-18/h9H,4-8,14H2,1-3H3,(H,15,19). The van der Waals surface area contributed by atoms with Gasteiger partial charge in [-0.2, -0.15) is 0 Å². The Morgan fingerprint density at radius 2 is 2.15 bits per heavy atom. The van der Waals surface area contributed by atoms with Crippen LogP contribution in [0.2, 0.25) is 0 Å². The molecule has 20 heavy (non-hydrogen) atoms. The molecular formula is C13H23N5OS. The number of amides is 1. The quantitative estimate of drug-likeness (QED) is 0.848. The van der Waals surface area contributed by atoms with Crippen LogP contribution in [0.3, 0.4) is 0 Å². The van der Waals surface area contributed by atoms with Crippen LogP contribution in [0.5, 0.6) is 0 Å². The van der Waals surface area contributed by atoms with Crippen LogP contribution in [0.1, 0.15) is 29.4 Å². The highest BCUT2D eigenvalue weighted by atomic mass is 32.1. The van der Waals surface area contributed by atoms with E-state index in [9.17, 15) is 4.79 Å². The van der Waals surface area contributed by atoms with Crippen LogP contribution in [0.4, 0.5) is 10.9 Å². The molecule has 0 radical (unpaired) electrons. The van der Waals surface area contributed by atoms with Crippen LogP contribution < -0.4 is 16.0 Å². The minimum Gasteiger partial charge on any atom is -0.382 e. The molecule has 1 fully saturated rings. The molecule has 1 aromatic rings. The van der Waals surface area contributed by atoms with Gasteiger partial charge in [0.2, 0.25) is 0 Å². The fourth-order valence-corrected chi connectivity index (χ4v) is 2.98. The summed E-state index contributed by atoms with van der Waals surface area (Å²) in [6.07, 6.45) is 2.36. The van der Waals surface area contributed by atoms with E-state index in [-0.39, 0.29) is 11.9 Å². The molecule has 2 rings (SSSR count). The van der Waals surface area contributed by atoms with Crippen LogP contribution in [0, 0.1) is 0 Å². The molecule has 3 N–H and O–H groups in total. The fraction of sp³-hybridized carbons (Fsp3) is 0.692. The number of anilines is 2. The molecule has 1 saturated heterocycles. The number of carbonyl (C=O) groups is 1. The Morgan fingerprint density at radius 1 is 1.50 bits per heavy atom. The van der Waals surface area contributed by atoms with E-state index in [1.807, 2.05) is 14.1 Å². The molecule has 0 bridgehead atoms. The normalized spacial score (nSPS) is 16.7. The van der Waals surface area contributed by atoms with Crippen molar-refractivity contribution in [3.8, 4) is 0 Å². The molecule has 1 unspecified atom stereocenters. The molecule has 6 nitrogen and oxygen atoms in total. The Bertz CT molecular complexity index is 467. The maximum Gasteiger partial charge on any atom is 0.265 e. The molecule has 112 valence electrons. The smallest absolute Gasteiger partial charge is 0.265 e. The van der Waals surface area contributed by atoms with E-state index in [0.29, 0.717) is 17.2 Å². The third-order valence-electron chi connectivity index (χ3n) is 3.66. The van der Waals surface area contributed by atoms with Gasteiger partial charge in [-0.15, -0.1) is 0 Å². The minimum atomic E-state index is -0.126. The zero-order chi connectivity index (χ0) is 14.7. The predicted octanol–water partition coefficient (Wildman–Crippen LogP) is 1.01. The highest BCUT2D eigenvalue weighted by Gasteiger charge is 2.21. The van der Waals surface area contributed by atoms with Gasteiger partial charge in [-0.05, 0) is 33.9 Å². The van der Waals surface area contributed by atoms with Gasteiger partial charge in [0, 0.05) is 25.7 Å². The second-order valence-corrected chi connectivity index (χ2v) is 6.41. The van der Waals surface area contributed by atoms with Crippen molar-refractivity contribution in [2.45, 2.75) is 25.8 Å². The summed E-state index contributed by atoms with van der Waals surface area (Å²) in [4.78, 5) is 21.3. The Hall–Kier alpha value is -1.34. The summed E-state index contributed by atoms with van der Waals surface area (Å²) < 4.78 is 0. The number of thiazole rings is 1. The lowest BCUT2D eigenvalue weighted by molar-refractivity contribution is 0.0948. The van der Waals surface area contributed by atoms with Gasteiger partial charge < -0.3 is 20.9 Å². The van der Waals surface area contributed by atoms with Crippen molar-refractivity contribution in [3.63, 3.8) is 0 Å². The van der Waals surface area contributed by atoms with Crippen LogP contribution in [0.25, 0.3) is 0 Å². The van der Waals surface area contributed by atoms with Crippen molar-refractivity contribution >= 4 is 28.2 Å². The molecule has 1 atom stereocenters. The molecule has 1 aliphatic rings. The van der Waals surface area contributed by atoms with Crippen LogP contribution in [-0.2, 0) is 0 Å². The third kappa shape index (κ3) is 3.40. The van der Waals surface area contributed by atoms with Gasteiger partial charge in [0.15, 0.2) is 5.13 Å². The number of rotatable bonds is 5. The molecule has 0 aromatic carbocycles. The number of hydrogen-bond donors (Lipinski definition) is 2. The minimum absolute atomic E-state index is 0.126. The van der Waals surface area contributed by atoms with Gasteiger partial charge in [-0.3, -0.25) is 4.79 Å². The number of nitrogens with zero attached hydrogens (tertiary/aromatic N) is 3. The second kappa shape index (κ2) is 6.41. The Morgan fingerprint density at radius 3 is 2.75 bits per heavy atom. The topological polar surface area (TPSA) is 74.5 Å². The first-order valence-electron chi connectivity index (χ1n) is 6.95. The van der Waals surface area contributed by atoms with Crippen molar-refractivity contribution in [2.75, 3.05) is 44.4 Å². The summed E-state index contributed by atoms with van der Waals surface area (Å²) in [5.41, 5.74) is 5.88. The number of nitrogens with two attached hydrogens (primary N) is 1. The van der Waals surface area contributed by atoms with Crippen molar-refractivity contribution in [1.82, 2.24) is 15.2 Å². The SMILES string of the molecule is CC(CNC(=O)c1sc(N2CCCC2)nc1N)N(C)C. The van der Waals surface area contributed by atoms with Gasteiger partial charge in [0.05, 0.1) is 0 Å². The average molecular weight is 297 g/mol. The molecule has 1 amide bonds. The summed E-state index contributed by atoms with van der Waals surface area (Å²) in [5, 5.41) is 3.78. The van der Waals surface area contributed by atoms with Crippen LogP contribution in [-0.4, -0.2) is 55.6 Å². The number of likely N-dealkylation sites (N-methyl/N-ethyl adjacent to an activating group) is 1. The number of hydrogen-bond acceptors (Lipinski definition) is 6. The van der Waals surface area contributed by atoms with Crippen molar-refractivity contribution in [1.29, 1.82) is 0 Å². The monoisotopic (exact) mass is 297 g/mol. The molecule has 0 spiro atoms. The van der Waals surface area contributed by atoms with Gasteiger partial charge >= 0.3 is 0 Å². The zero-order valence-electron chi connectivity index (χ0n) is 12.3. The maximum absolute atomic E-state index is 12.2. The van der Waals surface area contributed by atoms with E-state index in [0.717, 1.165) is 18.2 Å². The van der Waals surface area contributed by atoms with Gasteiger partial charge in [-0.25, -0.2) is 4.98 Å². The summed E-state index contributed by atoms with van der Waals surface area (Å²) in [6.45, 7) is 4.67. The van der Waals surface area contributed by atoms with Crippen LogP contribution >= 0.6 is 11.3 Å². The fourth-order valence-electron chi connectivity index (χ4n) is 2.03. The molecule has 2 heterocycles. The summed E-state index contributed by atoms with van der Waals surface area (Å²) in [6, 6.07) is 0.283. The van der Waals surface area contributed by atoms with Crippen molar-refractivity contribution < 1.29 is 4.79 Å². The van der Waals surface area contributed by atoms with Crippen molar-refractivity contribution in [2.24, 2.45) is 0 Å². The van der Waals surface area contributed by atoms with E-state index >= 15 is 0 Å². The van der Waals surface area contributed by atoms with Gasteiger partial charge in [0.25, 0.3) is 5.91 Å². The number of nitrogens with one attached hydrogen (secondary N) is 1.